The number of hydrogen-bond donors (Lipinski definition) is 2. The van der Waals surface area contributed by atoms with E-state index in [9.17, 15) is 9.90 Å². The van der Waals surface area contributed by atoms with E-state index in [4.69, 9.17) is 0 Å². The number of nitrogens with zero attached hydrogens (tertiary/aromatic N) is 2. The highest BCUT2D eigenvalue weighted by atomic mass is 16.3. The van der Waals surface area contributed by atoms with E-state index in [0.717, 1.165) is 32.2 Å². The van der Waals surface area contributed by atoms with Gasteiger partial charge in [0.2, 0.25) is 5.91 Å². The minimum Gasteiger partial charge on any atom is -0.389 e. The molecule has 0 saturated heterocycles. The summed E-state index contributed by atoms with van der Waals surface area (Å²) in [4.78, 5) is 12.0. The minimum absolute atomic E-state index is 0.130. The van der Waals surface area contributed by atoms with Gasteiger partial charge in [0.1, 0.15) is 5.82 Å². The molecule has 0 aromatic carbocycles. The van der Waals surface area contributed by atoms with E-state index in [0.29, 0.717) is 11.7 Å². The first-order chi connectivity index (χ1) is 8.98. The van der Waals surface area contributed by atoms with Crippen LogP contribution >= 0.6 is 0 Å². The number of nitrogens with one attached hydrogen (secondary N) is 1. The van der Waals surface area contributed by atoms with Crippen molar-refractivity contribution in [1.82, 2.24) is 9.78 Å². The molecule has 1 aromatic rings. The van der Waals surface area contributed by atoms with E-state index in [1.165, 1.54) is 0 Å². The van der Waals surface area contributed by atoms with Gasteiger partial charge in [0.15, 0.2) is 0 Å². The highest BCUT2D eigenvalue weighted by molar-refractivity contribution is 5.90. The molecule has 0 atom stereocenters. The first-order valence-corrected chi connectivity index (χ1v) is 7.02. The first kappa shape index (κ1) is 14.1. The van der Waals surface area contributed by atoms with Gasteiger partial charge in [-0.3, -0.25) is 4.79 Å². The topological polar surface area (TPSA) is 67.2 Å². The second-order valence-electron chi connectivity index (χ2n) is 5.95. The van der Waals surface area contributed by atoms with Crippen molar-refractivity contribution in [1.29, 1.82) is 0 Å². The maximum Gasteiger partial charge on any atom is 0.228 e. The lowest BCUT2D eigenvalue weighted by atomic mass is 9.98. The Hall–Kier alpha value is -1.36. The van der Waals surface area contributed by atoms with Crippen molar-refractivity contribution in [2.75, 3.05) is 5.32 Å². The van der Waals surface area contributed by atoms with Crippen LogP contribution in [0.5, 0.6) is 0 Å². The molecule has 1 aliphatic rings. The molecular formula is C14H23N3O2. The molecule has 1 amide bonds. The number of aromatic nitrogens is 2. The molecule has 1 heterocycles. The van der Waals surface area contributed by atoms with Crippen LogP contribution in [0.4, 0.5) is 5.82 Å². The fraction of sp³-hybridized carbons (Fsp3) is 0.714. The number of carbonyl (C=O) groups is 1. The van der Waals surface area contributed by atoms with Crippen LogP contribution in [0.25, 0.3) is 0 Å². The number of aliphatic hydroxyl groups is 1. The van der Waals surface area contributed by atoms with Crippen LogP contribution in [-0.2, 0) is 11.3 Å². The number of amides is 1. The lowest BCUT2D eigenvalue weighted by Crippen LogP contribution is -2.31. The molecule has 19 heavy (non-hydrogen) atoms. The Bertz CT molecular complexity index is 434. The summed E-state index contributed by atoms with van der Waals surface area (Å²) in [5, 5.41) is 17.3. The number of rotatable bonds is 5. The van der Waals surface area contributed by atoms with Crippen molar-refractivity contribution in [3.63, 3.8) is 0 Å². The molecule has 0 bridgehead atoms. The lowest BCUT2D eigenvalue weighted by molar-refractivity contribution is -0.120. The van der Waals surface area contributed by atoms with E-state index >= 15 is 0 Å². The van der Waals surface area contributed by atoms with Crippen molar-refractivity contribution in [2.24, 2.45) is 5.92 Å². The molecule has 0 unspecified atom stereocenters. The van der Waals surface area contributed by atoms with Crippen LogP contribution < -0.4 is 5.32 Å². The zero-order valence-corrected chi connectivity index (χ0v) is 11.7. The fourth-order valence-electron chi connectivity index (χ4n) is 2.63. The largest absolute Gasteiger partial charge is 0.389 e. The van der Waals surface area contributed by atoms with Gasteiger partial charge in [0.25, 0.3) is 0 Å². The van der Waals surface area contributed by atoms with Crippen molar-refractivity contribution in [3.05, 3.63) is 12.3 Å². The van der Waals surface area contributed by atoms with Gasteiger partial charge in [-0.2, -0.15) is 5.10 Å². The van der Waals surface area contributed by atoms with E-state index in [2.05, 4.69) is 24.3 Å². The Morgan fingerprint density at radius 1 is 1.53 bits per heavy atom. The molecule has 2 N–H and O–H groups in total. The summed E-state index contributed by atoms with van der Waals surface area (Å²) in [6.45, 7) is 4.98. The van der Waals surface area contributed by atoms with Crippen LogP contribution in [0.15, 0.2) is 12.3 Å². The molecule has 0 radical (unpaired) electrons. The summed E-state index contributed by atoms with van der Waals surface area (Å²) in [6, 6.07) is 1.79. The Labute approximate surface area is 114 Å². The van der Waals surface area contributed by atoms with E-state index in [1.54, 1.807) is 16.9 Å². The molecule has 106 valence electrons. The predicted octanol–water partition coefficient (Wildman–Crippen LogP) is 2.17. The summed E-state index contributed by atoms with van der Waals surface area (Å²) >= 11 is 0. The second-order valence-corrected chi connectivity index (χ2v) is 5.95. The SMILES string of the molecule is CC(C)Cn1nccc1NC(=O)CC1(O)CCCC1. The van der Waals surface area contributed by atoms with Gasteiger partial charge in [0, 0.05) is 12.6 Å². The second kappa shape index (κ2) is 5.74. The maximum atomic E-state index is 12.0. The molecule has 1 saturated carbocycles. The standard InChI is InChI=1S/C14H23N3O2/c1-11(2)10-17-12(5-8-15-17)16-13(18)9-14(19)6-3-4-7-14/h5,8,11,19H,3-4,6-7,9-10H2,1-2H3,(H,16,18). The third-order valence-electron chi connectivity index (χ3n) is 3.55. The number of carbonyl (C=O) groups excluding carboxylic acids is 1. The summed E-state index contributed by atoms with van der Waals surface area (Å²) in [5.41, 5.74) is -0.799. The van der Waals surface area contributed by atoms with Gasteiger partial charge in [-0.25, -0.2) is 4.68 Å². The molecule has 0 spiro atoms. The quantitative estimate of drug-likeness (QED) is 0.857. The minimum atomic E-state index is -0.799. The van der Waals surface area contributed by atoms with Crippen LogP contribution in [0.2, 0.25) is 0 Å². The van der Waals surface area contributed by atoms with Crippen LogP contribution in [0, 0.1) is 5.92 Å². The van der Waals surface area contributed by atoms with E-state index < -0.39 is 5.60 Å². The molecule has 5 heteroatoms. The predicted molar refractivity (Wildman–Crippen MR) is 73.7 cm³/mol. The van der Waals surface area contributed by atoms with Crippen LogP contribution in [-0.4, -0.2) is 26.4 Å². The van der Waals surface area contributed by atoms with Gasteiger partial charge in [-0.05, 0) is 18.8 Å². The van der Waals surface area contributed by atoms with Gasteiger partial charge >= 0.3 is 0 Å². The monoisotopic (exact) mass is 265 g/mol. The fourth-order valence-corrected chi connectivity index (χ4v) is 2.63. The molecular weight excluding hydrogens is 242 g/mol. The Balaban J connectivity index is 1.93. The molecule has 1 aromatic heterocycles. The van der Waals surface area contributed by atoms with E-state index in [-0.39, 0.29) is 12.3 Å². The van der Waals surface area contributed by atoms with Crippen molar-refractivity contribution >= 4 is 11.7 Å². The summed E-state index contributed by atoms with van der Waals surface area (Å²) in [6.07, 6.45) is 5.34. The van der Waals surface area contributed by atoms with Crippen molar-refractivity contribution in [3.8, 4) is 0 Å². The Morgan fingerprint density at radius 3 is 2.84 bits per heavy atom. The Morgan fingerprint density at radius 2 is 2.21 bits per heavy atom. The highest BCUT2D eigenvalue weighted by Gasteiger charge is 2.33. The number of anilines is 1. The highest BCUT2D eigenvalue weighted by Crippen LogP contribution is 2.32. The third kappa shape index (κ3) is 3.80. The zero-order chi connectivity index (χ0) is 13.9. The summed E-state index contributed by atoms with van der Waals surface area (Å²) < 4.78 is 1.79. The maximum absolute atomic E-state index is 12.0. The Kier molecular flexibility index (Phi) is 4.24. The van der Waals surface area contributed by atoms with Gasteiger partial charge in [0.05, 0.1) is 18.2 Å². The smallest absolute Gasteiger partial charge is 0.228 e. The zero-order valence-electron chi connectivity index (χ0n) is 11.7. The van der Waals surface area contributed by atoms with Crippen molar-refractivity contribution < 1.29 is 9.90 Å². The molecule has 2 rings (SSSR count). The van der Waals surface area contributed by atoms with Gasteiger partial charge < -0.3 is 10.4 Å². The normalized spacial score (nSPS) is 17.9. The average molecular weight is 265 g/mol. The van der Waals surface area contributed by atoms with Gasteiger partial charge in [-0.15, -0.1) is 0 Å². The van der Waals surface area contributed by atoms with Gasteiger partial charge in [-0.1, -0.05) is 26.7 Å². The van der Waals surface area contributed by atoms with Crippen molar-refractivity contribution in [2.45, 2.75) is 58.1 Å². The summed E-state index contributed by atoms with van der Waals surface area (Å²) in [5.74, 6) is 1.05. The molecule has 0 aliphatic heterocycles. The molecule has 1 aliphatic carbocycles. The molecule has 5 nitrogen and oxygen atoms in total. The third-order valence-corrected chi connectivity index (χ3v) is 3.55. The molecule has 1 fully saturated rings. The first-order valence-electron chi connectivity index (χ1n) is 7.02. The number of hydrogen-bond acceptors (Lipinski definition) is 3. The van der Waals surface area contributed by atoms with Crippen LogP contribution in [0.1, 0.15) is 46.0 Å². The van der Waals surface area contributed by atoms with E-state index in [1.807, 2.05) is 0 Å². The summed E-state index contributed by atoms with van der Waals surface area (Å²) in [7, 11) is 0. The lowest BCUT2D eigenvalue weighted by Gasteiger charge is -2.21. The average Bonchev–Trinajstić information content (AvgIpc) is 2.88. The van der Waals surface area contributed by atoms with Crippen LogP contribution in [0.3, 0.4) is 0 Å².